The molecule has 0 heterocycles. The highest BCUT2D eigenvalue weighted by Crippen LogP contribution is 2.19. The van der Waals surface area contributed by atoms with Crippen molar-refractivity contribution in [3.8, 4) is 0 Å². The number of carbonyl (C=O) groups excluding carboxylic acids is 2. The van der Waals surface area contributed by atoms with Gasteiger partial charge in [-0.1, -0.05) is 30.3 Å². The van der Waals surface area contributed by atoms with Gasteiger partial charge in [-0.15, -0.1) is 0 Å². The number of halogens is 1. The Morgan fingerprint density at radius 3 is 2.50 bits per heavy atom. The average Bonchev–Trinajstić information content (AvgIpc) is 2.54. The van der Waals surface area contributed by atoms with E-state index in [0.717, 1.165) is 0 Å². The van der Waals surface area contributed by atoms with E-state index in [1.165, 1.54) is 25.3 Å². The maximum Gasteiger partial charge on any atom is 0.307 e. The minimum atomic E-state index is -0.657. The lowest BCUT2D eigenvalue weighted by molar-refractivity contribution is -0.141. The van der Waals surface area contributed by atoms with E-state index in [1.54, 1.807) is 36.4 Å². The van der Waals surface area contributed by atoms with Crippen LogP contribution in [0.25, 0.3) is 0 Å². The monoisotopic (exact) mass is 301 g/mol. The Balaban J connectivity index is 2.21. The van der Waals surface area contributed by atoms with E-state index in [-0.39, 0.29) is 12.3 Å². The van der Waals surface area contributed by atoms with Crippen molar-refractivity contribution in [1.82, 2.24) is 5.32 Å². The van der Waals surface area contributed by atoms with Crippen LogP contribution in [0.1, 0.15) is 28.4 Å². The Hall–Kier alpha value is -2.69. The van der Waals surface area contributed by atoms with E-state index in [4.69, 9.17) is 0 Å². The maximum absolute atomic E-state index is 13.4. The van der Waals surface area contributed by atoms with Crippen LogP contribution in [0.15, 0.2) is 54.6 Å². The number of rotatable bonds is 5. The summed E-state index contributed by atoms with van der Waals surface area (Å²) in [6, 6.07) is 13.7. The first-order valence-electron chi connectivity index (χ1n) is 6.78. The summed E-state index contributed by atoms with van der Waals surface area (Å²) in [6.45, 7) is 0. The first kappa shape index (κ1) is 15.7. The van der Waals surface area contributed by atoms with E-state index in [1.807, 2.05) is 0 Å². The first-order chi connectivity index (χ1) is 10.6. The fourth-order valence-electron chi connectivity index (χ4n) is 2.06. The molecule has 4 nitrogen and oxygen atoms in total. The van der Waals surface area contributed by atoms with E-state index in [2.05, 4.69) is 10.1 Å². The number of ether oxygens (including phenoxy) is 1. The van der Waals surface area contributed by atoms with Gasteiger partial charge in [0.25, 0.3) is 5.91 Å². The van der Waals surface area contributed by atoms with Crippen molar-refractivity contribution in [1.29, 1.82) is 0 Å². The molecular formula is C17H16FNO3. The van der Waals surface area contributed by atoms with Crippen LogP contribution < -0.4 is 5.32 Å². The molecule has 0 saturated carbocycles. The Morgan fingerprint density at radius 2 is 1.86 bits per heavy atom. The fraction of sp³-hybridized carbons (Fsp3) is 0.176. The number of esters is 1. The van der Waals surface area contributed by atoms with Gasteiger partial charge in [-0.05, 0) is 29.8 Å². The second-order valence-electron chi connectivity index (χ2n) is 4.73. The van der Waals surface area contributed by atoms with Crippen molar-refractivity contribution in [2.45, 2.75) is 12.5 Å². The van der Waals surface area contributed by atoms with Crippen LogP contribution in [0.5, 0.6) is 0 Å². The van der Waals surface area contributed by atoms with Crippen LogP contribution >= 0.6 is 0 Å². The number of benzene rings is 2. The SMILES string of the molecule is COC(=O)CC(NC(=O)c1ccccc1)c1cccc(F)c1. The molecule has 0 aliphatic carbocycles. The lowest BCUT2D eigenvalue weighted by atomic mass is 10.0. The quantitative estimate of drug-likeness (QED) is 0.864. The smallest absolute Gasteiger partial charge is 0.307 e. The van der Waals surface area contributed by atoms with Gasteiger partial charge in [0.1, 0.15) is 5.82 Å². The molecule has 0 radical (unpaired) electrons. The topological polar surface area (TPSA) is 55.4 Å². The van der Waals surface area contributed by atoms with Gasteiger partial charge in [0.05, 0.1) is 19.6 Å². The number of amides is 1. The Bertz CT molecular complexity index is 658. The molecule has 22 heavy (non-hydrogen) atoms. The summed E-state index contributed by atoms with van der Waals surface area (Å²) < 4.78 is 18.0. The summed E-state index contributed by atoms with van der Waals surface area (Å²) in [5.41, 5.74) is 0.975. The molecule has 0 aromatic heterocycles. The van der Waals surface area contributed by atoms with Crippen molar-refractivity contribution in [3.63, 3.8) is 0 Å². The van der Waals surface area contributed by atoms with Gasteiger partial charge in [0, 0.05) is 5.56 Å². The summed E-state index contributed by atoms with van der Waals surface area (Å²) >= 11 is 0. The predicted octanol–water partition coefficient (Wildman–Crippen LogP) is 2.86. The summed E-state index contributed by atoms with van der Waals surface area (Å²) in [5.74, 6) is -1.25. The fourth-order valence-corrected chi connectivity index (χ4v) is 2.06. The van der Waals surface area contributed by atoms with E-state index >= 15 is 0 Å². The highest BCUT2D eigenvalue weighted by Gasteiger charge is 2.20. The molecule has 2 rings (SSSR count). The molecular weight excluding hydrogens is 285 g/mol. The number of nitrogens with one attached hydrogen (secondary N) is 1. The third kappa shape index (κ3) is 4.15. The van der Waals surface area contributed by atoms with Crippen LogP contribution in [0.2, 0.25) is 0 Å². The van der Waals surface area contributed by atoms with Crippen molar-refractivity contribution in [2.24, 2.45) is 0 Å². The molecule has 0 fully saturated rings. The van der Waals surface area contributed by atoms with Gasteiger partial charge in [-0.25, -0.2) is 4.39 Å². The van der Waals surface area contributed by atoms with Crippen LogP contribution in [0.4, 0.5) is 4.39 Å². The van der Waals surface area contributed by atoms with Gasteiger partial charge in [-0.2, -0.15) is 0 Å². The number of hydrogen-bond acceptors (Lipinski definition) is 3. The van der Waals surface area contributed by atoms with Crippen LogP contribution in [0.3, 0.4) is 0 Å². The second kappa shape index (κ2) is 7.36. The molecule has 1 N–H and O–H groups in total. The summed E-state index contributed by atoms with van der Waals surface area (Å²) in [5, 5.41) is 2.74. The molecule has 0 aliphatic rings. The summed E-state index contributed by atoms with van der Waals surface area (Å²) in [4.78, 5) is 23.8. The predicted molar refractivity (Wildman–Crippen MR) is 79.7 cm³/mol. The lowest BCUT2D eigenvalue weighted by Gasteiger charge is -2.18. The standard InChI is InChI=1S/C17H16FNO3/c1-22-16(20)11-15(13-8-5-9-14(18)10-13)19-17(21)12-6-3-2-4-7-12/h2-10,15H,11H2,1H3,(H,19,21). The number of methoxy groups -OCH3 is 1. The van der Waals surface area contributed by atoms with Crippen molar-refractivity contribution < 1.29 is 18.7 Å². The first-order valence-corrected chi connectivity index (χ1v) is 6.78. The molecule has 2 aromatic rings. The zero-order valence-electron chi connectivity index (χ0n) is 12.1. The van der Waals surface area contributed by atoms with E-state index in [0.29, 0.717) is 11.1 Å². The van der Waals surface area contributed by atoms with Gasteiger partial charge in [-0.3, -0.25) is 9.59 Å². The Kier molecular flexibility index (Phi) is 5.25. The lowest BCUT2D eigenvalue weighted by Crippen LogP contribution is -2.30. The molecule has 2 aromatic carbocycles. The zero-order valence-corrected chi connectivity index (χ0v) is 12.1. The third-order valence-electron chi connectivity index (χ3n) is 3.19. The summed E-state index contributed by atoms with van der Waals surface area (Å²) in [6.07, 6.45) is -0.0709. The highest BCUT2D eigenvalue weighted by atomic mass is 19.1. The van der Waals surface area contributed by atoms with Gasteiger partial charge < -0.3 is 10.1 Å². The van der Waals surface area contributed by atoms with Crippen molar-refractivity contribution >= 4 is 11.9 Å². The largest absolute Gasteiger partial charge is 0.469 e. The van der Waals surface area contributed by atoms with Crippen molar-refractivity contribution in [3.05, 3.63) is 71.5 Å². The normalized spacial score (nSPS) is 11.5. The molecule has 0 bridgehead atoms. The molecule has 1 amide bonds. The van der Waals surface area contributed by atoms with Crippen LogP contribution in [0, 0.1) is 5.82 Å². The van der Waals surface area contributed by atoms with Gasteiger partial charge >= 0.3 is 5.97 Å². The van der Waals surface area contributed by atoms with Crippen LogP contribution in [-0.2, 0) is 9.53 Å². The Morgan fingerprint density at radius 1 is 1.14 bits per heavy atom. The second-order valence-corrected chi connectivity index (χ2v) is 4.73. The molecule has 114 valence electrons. The molecule has 1 unspecified atom stereocenters. The van der Waals surface area contributed by atoms with E-state index < -0.39 is 17.8 Å². The third-order valence-corrected chi connectivity index (χ3v) is 3.19. The van der Waals surface area contributed by atoms with Gasteiger partial charge in [0.15, 0.2) is 0 Å². The van der Waals surface area contributed by atoms with Gasteiger partial charge in [0.2, 0.25) is 0 Å². The molecule has 0 saturated heterocycles. The number of hydrogen-bond donors (Lipinski definition) is 1. The maximum atomic E-state index is 13.4. The Labute approximate surface area is 127 Å². The molecule has 0 aliphatic heterocycles. The minimum Gasteiger partial charge on any atom is -0.469 e. The number of carbonyl (C=O) groups is 2. The summed E-state index contributed by atoms with van der Waals surface area (Å²) in [7, 11) is 1.27. The van der Waals surface area contributed by atoms with E-state index in [9.17, 15) is 14.0 Å². The molecule has 5 heteroatoms. The minimum absolute atomic E-state index is 0.0709. The molecule has 1 atom stereocenters. The molecule has 0 spiro atoms. The average molecular weight is 301 g/mol. The zero-order chi connectivity index (χ0) is 15.9. The highest BCUT2D eigenvalue weighted by molar-refractivity contribution is 5.94. The van der Waals surface area contributed by atoms with Crippen LogP contribution in [-0.4, -0.2) is 19.0 Å². The van der Waals surface area contributed by atoms with Crippen molar-refractivity contribution in [2.75, 3.05) is 7.11 Å².